The molecule has 9 nitrogen and oxygen atoms in total. The number of hydrogen-bond donors (Lipinski definition) is 2. The van der Waals surface area contributed by atoms with Crippen molar-refractivity contribution in [3.63, 3.8) is 0 Å². The number of rotatable bonds is 10. The molecule has 2 aromatic carbocycles. The fraction of sp³-hybridized carbons (Fsp3) is 0.130. The Labute approximate surface area is 191 Å². The van der Waals surface area contributed by atoms with E-state index in [9.17, 15) is 13.2 Å². The van der Waals surface area contributed by atoms with E-state index in [1.807, 2.05) is 12.3 Å². The number of aromatic nitrogens is 2. The Morgan fingerprint density at radius 1 is 1.06 bits per heavy atom. The molecule has 0 aliphatic rings. The summed E-state index contributed by atoms with van der Waals surface area (Å²) in [6.07, 6.45) is 5.03. The highest BCUT2D eigenvalue weighted by Crippen LogP contribution is 2.19. The molecule has 0 saturated carbocycles. The second-order valence-corrected chi connectivity index (χ2v) is 8.79. The van der Waals surface area contributed by atoms with E-state index in [4.69, 9.17) is 9.15 Å². The highest BCUT2D eigenvalue weighted by molar-refractivity contribution is 7.89. The summed E-state index contributed by atoms with van der Waals surface area (Å²) in [5.74, 6) is 0.752. The van der Waals surface area contributed by atoms with Gasteiger partial charge in [0.25, 0.3) is 5.91 Å². The summed E-state index contributed by atoms with van der Waals surface area (Å²) in [6, 6.07) is 17.9. The smallest absolute Gasteiger partial charge is 0.255 e. The zero-order chi connectivity index (χ0) is 23.1. The number of sulfonamides is 1. The molecule has 0 spiro atoms. The van der Waals surface area contributed by atoms with Gasteiger partial charge in [0.15, 0.2) is 0 Å². The van der Waals surface area contributed by atoms with Crippen molar-refractivity contribution >= 4 is 21.6 Å². The number of nitrogens with zero attached hydrogens (tertiary/aromatic N) is 2. The molecule has 0 radical (unpaired) electrons. The summed E-state index contributed by atoms with van der Waals surface area (Å²) in [5, 5.41) is 6.91. The minimum absolute atomic E-state index is 0.0396. The fourth-order valence-electron chi connectivity index (χ4n) is 3.00. The summed E-state index contributed by atoms with van der Waals surface area (Å²) in [6.45, 7) is 1.08. The van der Waals surface area contributed by atoms with Crippen LogP contribution in [-0.2, 0) is 23.1 Å². The quantitative estimate of drug-likeness (QED) is 0.371. The first kappa shape index (κ1) is 22.3. The van der Waals surface area contributed by atoms with E-state index < -0.39 is 10.0 Å². The second kappa shape index (κ2) is 10.2. The van der Waals surface area contributed by atoms with Crippen LogP contribution in [0.15, 0.2) is 94.7 Å². The molecule has 0 atom stereocenters. The van der Waals surface area contributed by atoms with Crippen molar-refractivity contribution in [2.75, 3.05) is 11.9 Å². The third kappa shape index (κ3) is 6.09. The Kier molecular flexibility index (Phi) is 6.86. The van der Waals surface area contributed by atoms with Crippen molar-refractivity contribution in [1.82, 2.24) is 14.5 Å². The van der Waals surface area contributed by atoms with Gasteiger partial charge in [-0.25, -0.2) is 13.1 Å². The van der Waals surface area contributed by atoms with Gasteiger partial charge in [-0.15, -0.1) is 0 Å². The Bertz CT molecular complexity index is 1290. The lowest BCUT2D eigenvalue weighted by Gasteiger charge is -2.10. The lowest BCUT2D eigenvalue weighted by atomic mass is 10.2. The van der Waals surface area contributed by atoms with Gasteiger partial charge in [-0.3, -0.25) is 9.48 Å². The monoisotopic (exact) mass is 466 g/mol. The van der Waals surface area contributed by atoms with E-state index in [1.54, 1.807) is 47.3 Å². The summed E-state index contributed by atoms with van der Waals surface area (Å²) >= 11 is 0. The van der Waals surface area contributed by atoms with Crippen molar-refractivity contribution in [3.8, 4) is 5.75 Å². The molecule has 0 aliphatic heterocycles. The third-order valence-corrected chi connectivity index (χ3v) is 6.10. The molecule has 4 rings (SSSR count). The molecule has 0 unspecified atom stereocenters. The van der Waals surface area contributed by atoms with Gasteiger partial charge < -0.3 is 14.5 Å². The predicted molar refractivity (Wildman–Crippen MR) is 121 cm³/mol. The molecule has 2 N–H and O–H groups in total. The number of carbonyl (C=O) groups excluding carboxylic acids is 1. The van der Waals surface area contributed by atoms with Crippen molar-refractivity contribution in [1.29, 1.82) is 0 Å². The largest absolute Gasteiger partial charge is 0.492 e. The molecule has 2 heterocycles. The van der Waals surface area contributed by atoms with Crippen molar-refractivity contribution in [3.05, 3.63) is 96.7 Å². The molecule has 0 fully saturated rings. The van der Waals surface area contributed by atoms with Crippen LogP contribution >= 0.6 is 0 Å². The van der Waals surface area contributed by atoms with E-state index in [0.29, 0.717) is 35.9 Å². The Balaban J connectivity index is 1.33. The van der Waals surface area contributed by atoms with Crippen LogP contribution in [0.5, 0.6) is 5.75 Å². The molecule has 0 saturated heterocycles. The second-order valence-electron chi connectivity index (χ2n) is 7.03. The lowest BCUT2D eigenvalue weighted by Crippen LogP contribution is -2.23. The van der Waals surface area contributed by atoms with Gasteiger partial charge in [0.05, 0.1) is 24.2 Å². The first-order valence-electron chi connectivity index (χ1n) is 10.1. The zero-order valence-electron chi connectivity index (χ0n) is 17.5. The van der Waals surface area contributed by atoms with Crippen LogP contribution in [0.4, 0.5) is 5.69 Å². The number of ether oxygens (including phenoxy) is 1. The van der Waals surface area contributed by atoms with Crippen molar-refractivity contribution < 1.29 is 22.4 Å². The minimum atomic E-state index is -3.73. The number of nitrogens with one attached hydrogen (secondary N) is 2. The van der Waals surface area contributed by atoms with Crippen LogP contribution in [-0.4, -0.2) is 30.7 Å². The molecule has 1 amide bonds. The van der Waals surface area contributed by atoms with Crippen molar-refractivity contribution in [2.24, 2.45) is 0 Å². The minimum Gasteiger partial charge on any atom is -0.492 e. The lowest BCUT2D eigenvalue weighted by molar-refractivity contribution is 0.102. The molecule has 0 aliphatic carbocycles. The molecular weight excluding hydrogens is 444 g/mol. The normalized spacial score (nSPS) is 11.3. The van der Waals surface area contributed by atoms with Gasteiger partial charge in [-0.1, -0.05) is 6.07 Å². The summed E-state index contributed by atoms with van der Waals surface area (Å²) < 4.78 is 39.9. The highest BCUT2D eigenvalue weighted by Gasteiger charge is 2.15. The number of furan rings is 1. The molecule has 33 heavy (non-hydrogen) atoms. The van der Waals surface area contributed by atoms with Crippen LogP contribution in [0.25, 0.3) is 0 Å². The molecular formula is C23H22N4O5S. The number of hydrogen-bond acceptors (Lipinski definition) is 6. The number of carbonyl (C=O) groups is 1. The molecule has 10 heteroatoms. The van der Waals surface area contributed by atoms with Gasteiger partial charge in [-0.2, -0.15) is 5.10 Å². The van der Waals surface area contributed by atoms with Crippen LogP contribution in [0.3, 0.4) is 0 Å². The van der Waals surface area contributed by atoms with Crippen LogP contribution in [0.2, 0.25) is 0 Å². The maximum Gasteiger partial charge on any atom is 0.255 e. The standard InChI is InChI=1S/C23H22N4O5S/c28-23(26-19-4-1-5-20(16-19)32-15-13-27-12-3-11-24-27)18-7-9-22(10-8-18)33(29,30)25-17-21-6-2-14-31-21/h1-12,14,16,25H,13,15,17H2,(H,26,28). The predicted octanol–water partition coefficient (Wildman–Crippen LogP) is 3.29. The van der Waals surface area contributed by atoms with Gasteiger partial charge in [0, 0.05) is 29.7 Å². The molecule has 2 aromatic heterocycles. The van der Waals surface area contributed by atoms with Gasteiger partial charge in [0.2, 0.25) is 10.0 Å². The maximum absolute atomic E-state index is 12.6. The van der Waals surface area contributed by atoms with Gasteiger partial charge in [-0.05, 0) is 54.6 Å². The third-order valence-electron chi connectivity index (χ3n) is 4.68. The van der Waals surface area contributed by atoms with Crippen LogP contribution < -0.4 is 14.8 Å². The van der Waals surface area contributed by atoms with Crippen LogP contribution in [0, 0.1) is 0 Å². The van der Waals surface area contributed by atoms with E-state index in [1.165, 1.54) is 30.5 Å². The SMILES string of the molecule is O=C(Nc1cccc(OCCn2cccn2)c1)c1ccc(S(=O)(=O)NCc2ccco2)cc1. The summed E-state index contributed by atoms with van der Waals surface area (Å²) in [4.78, 5) is 12.6. The van der Waals surface area contributed by atoms with Crippen LogP contribution in [0.1, 0.15) is 16.1 Å². The van der Waals surface area contributed by atoms with Gasteiger partial charge >= 0.3 is 0 Å². The first-order chi connectivity index (χ1) is 16.0. The first-order valence-corrected chi connectivity index (χ1v) is 11.6. The number of anilines is 1. The molecule has 4 aromatic rings. The molecule has 0 bridgehead atoms. The Morgan fingerprint density at radius 3 is 2.64 bits per heavy atom. The maximum atomic E-state index is 12.6. The van der Waals surface area contributed by atoms with E-state index in [0.717, 1.165) is 0 Å². The number of amides is 1. The van der Waals surface area contributed by atoms with Crippen molar-refractivity contribution in [2.45, 2.75) is 18.0 Å². The molecule has 170 valence electrons. The fourth-order valence-corrected chi connectivity index (χ4v) is 4.00. The Morgan fingerprint density at radius 2 is 1.91 bits per heavy atom. The summed E-state index contributed by atoms with van der Waals surface area (Å²) in [5.41, 5.74) is 0.887. The Hall–Kier alpha value is -3.89. The van der Waals surface area contributed by atoms with E-state index in [-0.39, 0.29) is 17.3 Å². The number of benzene rings is 2. The zero-order valence-corrected chi connectivity index (χ0v) is 18.4. The van der Waals surface area contributed by atoms with Gasteiger partial charge in [0.1, 0.15) is 18.1 Å². The summed E-state index contributed by atoms with van der Waals surface area (Å²) in [7, 11) is -3.73. The van der Waals surface area contributed by atoms with E-state index in [2.05, 4.69) is 15.1 Å². The average molecular weight is 467 g/mol. The topological polar surface area (TPSA) is 115 Å². The average Bonchev–Trinajstić information content (AvgIpc) is 3.53. The van der Waals surface area contributed by atoms with E-state index >= 15 is 0 Å². The highest BCUT2D eigenvalue weighted by atomic mass is 32.2.